The molecule has 0 radical (unpaired) electrons. The van der Waals surface area contributed by atoms with Crippen LogP contribution in [0.25, 0.3) is 0 Å². The number of hydrogen-bond donors (Lipinski definition) is 0. The molecular weight excluding hydrogens is 206 g/mol. The first-order valence-corrected chi connectivity index (χ1v) is 5.47. The van der Waals surface area contributed by atoms with Gasteiger partial charge in [-0.25, -0.2) is 0 Å². The molecule has 74 valence electrons. The van der Waals surface area contributed by atoms with E-state index >= 15 is 0 Å². The van der Waals surface area contributed by atoms with E-state index in [0.717, 1.165) is 6.42 Å². The third-order valence-electron chi connectivity index (χ3n) is 1.53. The summed E-state index contributed by atoms with van der Waals surface area (Å²) in [5.41, 5.74) is 0.307. The van der Waals surface area contributed by atoms with Crippen molar-refractivity contribution >= 4 is 22.9 Å². The Hall–Kier alpha value is -0.280. The van der Waals surface area contributed by atoms with E-state index in [1.165, 1.54) is 11.3 Å². The van der Waals surface area contributed by atoms with Gasteiger partial charge in [0.1, 0.15) is 5.15 Å². The van der Waals surface area contributed by atoms with Crippen LogP contribution in [0.5, 0.6) is 5.19 Å². The maximum atomic E-state index is 5.65. The molecule has 0 spiro atoms. The van der Waals surface area contributed by atoms with Gasteiger partial charge in [0.2, 0.25) is 0 Å². The molecule has 2 nitrogen and oxygen atoms in total. The van der Waals surface area contributed by atoms with Crippen molar-refractivity contribution in [2.75, 3.05) is 6.61 Å². The topological polar surface area (TPSA) is 22.1 Å². The van der Waals surface area contributed by atoms with Gasteiger partial charge in [0.15, 0.2) is 0 Å². The molecule has 0 saturated heterocycles. The molecule has 1 aromatic heterocycles. The lowest BCUT2D eigenvalue weighted by Crippen LogP contribution is -2.10. The second-order valence-corrected chi connectivity index (χ2v) is 5.30. The number of ether oxygens (including phenoxy) is 1. The highest BCUT2D eigenvalue weighted by Gasteiger charge is 2.10. The van der Waals surface area contributed by atoms with E-state index in [1.807, 2.05) is 0 Å². The molecule has 0 atom stereocenters. The Morgan fingerprint density at radius 2 is 2.23 bits per heavy atom. The highest BCUT2D eigenvalue weighted by Crippen LogP contribution is 2.23. The van der Waals surface area contributed by atoms with Crippen LogP contribution in [0.2, 0.25) is 5.15 Å². The van der Waals surface area contributed by atoms with E-state index in [1.54, 1.807) is 5.38 Å². The fraction of sp³-hybridized carbons (Fsp3) is 0.667. The number of nitrogens with zero attached hydrogens (tertiary/aromatic N) is 1. The summed E-state index contributed by atoms with van der Waals surface area (Å²) in [5, 5.41) is 2.94. The second-order valence-electron chi connectivity index (χ2n) is 4.10. The van der Waals surface area contributed by atoms with Gasteiger partial charge in [-0.1, -0.05) is 43.7 Å². The van der Waals surface area contributed by atoms with Crippen LogP contribution in [0.1, 0.15) is 27.2 Å². The van der Waals surface area contributed by atoms with Crippen molar-refractivity contribution in [3.63, 3.8) is 0 Å². The van der Waals surface area contributed by atoms with Crippen molar-refractivity contribution in [2.24, 2.45) is 5.41 Å². The van der Waals surface area contributed by atoms with Crippen LogP contribution in [0.15, 0.2) is 5.38 Å². The van der Waals surface area contributed by atoms with Crippen molar-refractivity contribution < 1.29 is 4.74 Å². The fourth-order valence-corrected chi connectivity index (χ4v) is 1.56. The average molecular weight is 220 g/mol. The van der Waals surface area contributed by atoms with E-state index < -0.39 is 0 Å². The summed E-state index contributed by atoms with van der Waals surface area (Å²) in [7, 11) is 0. The summed E-state index contributed by atoms with van der Waals surface area (Å²) in [5.74, 6) is 0. The van der Waals surface area contributed by atoms with Gasteiger partial charge < -0.3 is 4.74 Å². The molecule has 4 heteroatoms. The van der Waals surface area contributed by atoms with E-state index in [-0.39, 0.29) is 0 Å². The minimum Gasteiger partial charge on any atom is -0.470 e. The fourth-order valence-electron chi connectivity index (χ4n) is 0.750. The van der Waals surface area contributed by atoms with Gasteiger partial charge in [-0.15, -0.1) is 0 Å². The van der Waals surface area contributed by atoms with Crippen LogP contribution in [-0.4, -0.2) is 11.6 Å². The number of rotatable bonds is 3. The molecule has 1 aromatic rings. The summed E-state index contributed by atoms with van der Waals surface area (Å²) in [4.78, 5) is 3.99. The summed E-state index contributed by atoms with van der Waals surface area (Å²) in [6.07, 6.45) is 1.02. The Morgan fingerprint density at radius 3 is 2.69 bits per heavy atom. The Bertz CT molecular complexity index is 267. The van der Waals surface area contributed by atoms with E-state index in [9.17, 15) is 0 Å². The van der Waals surface area contributed by atoms with Crippen molar-refractivity contribution in [3.8, 4) is 5.19 Å². The first-order valence-electron chi connectivity index (χ1n) is 4.21. The van der Waals surface area contributed by atoms with Crippen molar-refractivity contribution in [2.45, 2.75) is 27.2 Å². The molecule has 0 saturated carbocycles. The quantitative estimate of drug-likeness (QED) is 0.775. The van der Waals surface area contributed by atoms with E-state index in [0.29, 0.717) is 22.4 Å². The first-order chi connectivity index (χ1) is 5.97. The maximum absolute atomic E-state index is 5.65. The zero-order chi connectivity index (χ0) is 9.90. The van der Waals surface area contributed by atoms with Gasteiger partial charge in [0.05, 0.1) is 6.61 Å². The van der Waals surface area contributed by atoms with Crippen LogP contribution in [0.4, 0.5) is 0 Å². The molecule has 0 aliphatic heterocycles. The smallest absolute Gasteiger partial charge is 0.274 e. The predicted octanol–water partition coefficient (Wildman–Crippen LogP) is 3.61. The van der Waals surface area contributed by atoms with Crippen LogP contribution < -0.4 is 4.74 Å². The average Bonchev–Trinajstić information content (AvgIpc) is 2.33. The lowest BCUT2D eigenvalue weighted by Gasteiger charge is -2.16. The van der Waals surface area contributed by atoms with E-state index in [2.05, 4.69) is 25.8 Å². The van der Waals surface area contributed by atoms with Crippen molar-refractivity contribution in [1.29, 1.82) is 0 Å². The molecule has 0 aromatic carbocycles. The maximum Gasteiger partial charge on any atom is 0.274 e. The molecule has 13 heavy (non-hydrogen) atoms. The molecule has 0 aliphatic rings. The second kappa shape index (κ2) is 4.29. The SMILES string of the molecule is CC(C)(C)CCOc1nc(Cl)cs1. The highest BCUT2D eigenvalue weighted by molar-refractivity contribution is 7.11. The van der Waals surface area contributed by atoms with E-state index in [4.69, 9.17) is 16.3 Å². The Morgan fingerprint density at radius 1 is 1.54 bits per heavy atom. The standard InChI is InChI=1S/C9H14ClNOS/c1-9(2,3)4-5-12-8-11-7(10)6-13-8/h6H,4-5H2,1-3H3. The molecule has 1 heterocycles. The summed E-state index contributed by atoms with van der Waals surface area (Å²) >= 11 is 7.08. The molecule has 0 aliphatic carbocycles. The minimum absolute atomic E-state index is 0.307. The van der Waals surface area contributed by atoms with Gasteiger partial charge >= 0.3 is 0 Å². The van der Waals surface area contributed by atoms with Crippen LogP contribution in [-0.2, 0) is 0 Å². The minimum atomic E-state index is 0.307. The monoisotopic (exact) mass is 219 g/mol. The normalized spacial score (nSPS) is 11.7. The summed E-state index contributed by atoms with van der Waals surface area (Å²) in [6, 6.07) is 0. The molecule has 0 bridgehead atoms. The van der Waals surface area contributed by atoms with Gasteiger partial charge in [0, 0.05) is 5.38 Å². The van der Waals surface area contributed by atoms with Crippen LogP contribution in [0.3, 0.4) is 0 Å². The molecular formula is C9H14ClNOS. The number of halogens is 1. The first kappa shape index (κ1) is 10.8. The summed E-state index contributed by atoms with van der Waals surface area (Å²) < 4.78 is 5.43. The predicted molar refractivity (Wildman–Crippen MR) is 56.7 cm³/mol. The Kier molecular flexibility index (Phi) is 3.56. The zero-order valence-corrected chi connectivity index (χ0v) is 9.71. The largest absolute Gasteiger partial charge is 0.470 e. The van der Waals surface area contributed by atoms with Crippen molar-refractivity contribution in [3.05, 3.63) is 10.5 Å². The molecule has 0 unspecified atom stereocenters. The van der Waals surface area contributed by atoms with Crippen LogP contribution >= 0.6 is 22.9 Å². The zero-order valence-electron chi connectivity index (χ0n) is 8.13. The Labute approximate surface area is 87.9 Å². The van der Waals surface area contributed by atoms with Gasteiger partial charge in [-0.05, 0) is 11.8 Å². The Balaban J connectivity index is 2.28. The third-order valence-corrected chi connectivity index (χ3v) is 2.61. The highest BCUT2D eigenvalue weighted by atomic mass is 35.5. The van der Waals surface area contributed by atoms with Crippen LogP contribution in [0, 0.1) is 5.41 Å². The number of hydrogen-bond acceptors (Lipinski definition) is 3. The van der Waals surface area contributed by atoms with Gasteiger partial charge in [-0.3, -0.25) is 0 Å². The lowest BCUT2D eigenvalue weighted by atomic mass is 9.93. The molecule has 1 rings (SSSR count). The third kappa shape index (κ3) is 4.48. The molecule has 0 fully saturated rings. The van der Waals surface area contributed by atoms with Gasteiger partial charge in [0.25, 0.3) is 5.19 Å². The number of aromatic nitrogens is 1. The van der Waals surface area contributed by atoms with Crippen molar-refractivity contribution in [1.82, 2.24) is 4.98 Å². The number of thiazole rings is 1. The molecule has 0 N–H and O–H groups in total. The summed E-state index contributed by atoms with van der Waals surface area (Å²) in [6.45, 7) is 7.26. The lowest BCUT2D eigenvalue weighted by molar-refractivity contribution is 0.242. The molecule has 0 amide bonds. The van der Waals surface area contributed by atoms with Gasteiger partial charge in [-0.2, -0.15) is 4.98 Å².